The van der Waals surface area contributed by atoms with E-state index in [1.807, 2.05) is 0 Å². The first-order valence-electron chi connectivity index (χ1n) is 9.77. The quantitative estimate of drug-likeness (QED) is 0.123. The Labute approximate surface area is 199 Å². The average molecular weight is 505 g/mol. The van der Waals surface area contributed by atoms with Crippen LogP contribution in [0.5, 0.6) is 0 Å². The first kappa shape index (κ1) is 28.3. The predicted molar refractivity (Wildman–Crippen MR) is 123 cm³/mol. The van der Waals surface area contributed by atoms with Crippen molar-refractivity contribution in [1.29, 1.82) is 0 Å². The predicted octanol–water partition coefficient (Wildman–Crippen LogP) is -2.02. The number of imidazole rings is 1. The second-order valence-corrected chi connectivity index (χ2v) is 8.32. The molecule has 184 valence electrons. The summed E-state index contributed by atoms with van der Waals surface area (Å²) in [4.78, 5) is 66.3. The normalized spacial score (nSPS) is 14.4. The maximum Gasteiger partial charge on any atom is 0.326 e. The van der Waals surface area contributed by atoms with Gasteiger partial charge in [0.25, 0.3) is 0 Å². The third kappa shape index (κ3) is 10.1. The van der Waals surface area contributed by atoms with Crippen molar-refractivity contribution in [1.82, 2.24) is 25.9 Å². The summed E-state index contributed by atoms with van der Waals surface area (Å²) >= 11 is 5.44. The number of hydrogen-bond donors (Lipinski definition) is 8. The van der Waals surface area contributed by atoms with Crippen molar-refractivity contribution in [2.75, 3.05) is 17.8 Å². The minimum Gasteiger partial charge on any atom is -0.481 e. The van der Waals surface area contributed by atoms with Gasteiger partial charge < -0.3 is 36.9 Å². The summed E-state index contributed by atoms with van der Waals surface area (Å²) in [5.74, 6) is -4.52. The molecule has 0 aliphatic carbocycles. The van der Waals surface area contributed by atoms with Crippen molar-refractivity contribution in [3.63, 3.8) is 0 Å². The number of thiol groups is 1. The molecule has 0 aromatic carbocycles. The fourth-order valence-corrected chi connectivity index (χ4v) is 3.35. The van der Waals surface area contributed by atoms with Crippen LogP contribution in [0.4, 0.5) is 0 Å². The maximum absolute atomic E-state index is 12.8. The number of nitrogens with two attached hydrogens (primary N) is 1. The Kier molecular flexibility index (Phi) is 12.3. The molecule has 15 heteroatoms. The minimum atomic E-state index is -1.37. The molecule has 0 aliphatic rings. The Morgan fingerprint density at radius 1 is 1.09 bits per heavy atom. The number of carbonyl (C=O) groups is 5. The average Bonchev–Trinajstić information content (AvgIpc) is 3.26. The van der Waals surface area contributed by atoms with Crippen LogP contribution in [0.1, 0.15) is 18.5 Å². The van der Waals surface area contributed by atoms with Gasteiger partial charge in [-0.2, -0.15) is 24.4 Å². The number of carboxylic acids is 2. The second-order valence-electron chi connectivity index (χ2n) is 6.97. The van der Waals surface area contributed by atoms with Crippen LogP contribution in [-0.2, 0) is 30.4 Å². The van der Waals surface area contributed by atoms with E-state index in [2.05, 4.69) is 38.5 Å². The topological polar surface area (TPSA) is 217 Å². The Morgan fingerprint density at radius 2 is 1.70 bits per heavy atom. The molecule has 13 nitrogen and oxygen atoms in total. The van der Waals surface area contributed by atoms with Gasteiger partial charge in [0.1, 0.15) is 18.1 Å². The van der Waals surface area contributed by atoms with Crippen LogP contribution < -0.4 is 21.7 Å². The van der Waals surface area contributed by atoms with Gasteiger partial charge in [0.05, 0.1) is 18.8 Å². The van der Waals surface area contributed by atoms with Crippen LogP contribution in [0.25, 0.3) is 0 Å². The van der Waals surface area contributed by atoms with Crippen LogP contribution in [0.3, 0.4) is 0 Å². The number of thioether (sulfide) groups is 1. The smallest absolute Gasteiger partial charge is 0.326 e. The van der Waals surface area contributed by atoms with Gasteiger partial charge in [-0.05, 0) is 18.4 Å². The zero-order valence-corrected chi connectivity index (χ0v) is 19.5. The van der Waals surface area contributed by atoms with Crippen LogP contribution >= 0.6 is 24.4 Å². The second kappa shape index (κ2) is 14.4. The zero-order valence-electron chi connectivity index (χ0n) is 17.8. The number of nitrogens with one attached hydrogen (secondary N) is 4. The van der Waals surface area contributed by atoms with E-state index in [0.29, 0.717) is 11.4 Å². The van der Waals surface area contributed by atoms with Gasteiger partial charge in [-0.1, -0.05) is 0 Å². The molecule has 33 heavy (non-hydrogen) atoms. The van der Waals surface area contributed by atoms with Crippen molar-refractivity contribution in [3.05, 3.63) is 18.2 Å². The van der Waals surface area contributed by atoms with E-state index in [-0.39, 0.29) is 18.6 Å². The lowest BCUT2D eigenvalue weighted by molar-refractivity contribution is -0.142. The lowest BCUT2D eigenvalue weighted by Gasteiger charge is -2.24. The highest BCUT2D eigenvalue weighted by atomic mass is 32.2. The number of carboxylic acid groups (broad SMARTS) is 2. The number of aliphatic carboxylic acids is 2. The third-order valence-electron chi connectivity index (χ3n) is 4.38. The summed E-state index contributed by atoms with van der Waals surface area (Å²) in [5.41, 5.74) is 6.00. The number of rotatable bonds is 15. The zero-order chi connectivity index (χ0) is 25.0. The lowest BCUT2D eigenvalue weighted by Crippen LogP contribution is -2.58. The Bertz CT molecular complexity index is 823. The Hall–Kier alpha value is -2.78. The van der Waals surface area contributed by atoms with Crippen molar-refractivity contribution in [2.45, 2.75) is 43.4 Å². The number of nitrogens with zero attached hydrogens (tertiary/aromatic N) is 1. The number of carbonyl (C=O) groups excluding carboxylic acids is 3. The maximum atomic E-state index is 12.8. The number of H-pyrrole nitrogens is 1. The van der Waals surface area contributed by atoms with E-state index in [0.717, 1.165) is 0 Å². The van der Waals surface area contributed by atoms with E-state index < -0.39 is 60.2 Å². The molecule has 0 aliphatic heterocycles. The number of amides is 3. The van der Waals surface area contributed by atoms with E-state index in [4.69, 9.17) is 10.8 Å². The van der Waals surface area contributed by atoms with Crippen LogP contribution in [0.2, 0.25) is 0 Å². The molecule has 0 fully saturated rings. The molecule has 1 rings (SSSR count). The largest absolute Gasteiger partial charge is 0.481 e. The molecule has 1 aromatic rings. The van der Waals surface area contributed by atoms with Crippen molar-refractivity contribution in [3.8, 4) is 0 Å². The fourth-order valence-electron chi connectivity index (χ4n) is 2.62. The van der Waals surface area contributed by atoms with E-state index in [1.54, 1.807) is 6.26 Å². The van der Waals surface area contributed by atoms with Gasteiger partial charge in [0.2, 0.25) is 17.7 Å². The van der Waals surface area contributed by atoms with Gasteiger partial charge in [0.15, 0.2) is 0 Å². The molecule has 3 amide bonds. The molecular formula is C18H28N6O7S2. The highest BCUT2D eigenvalue weighted by Gasteiger charge is 2.30. The first-order valence-corrected chi connectivity index (χ1v) is 11.8. The van der Waals surface area contributed by atoms with Crippen molar-refractivity contribution in [2.24, 2.45) is 5.73 Å². The molecule has 0 saturated carbocycles. The summed E-state index contributed by atoms with van der Waals surface area (Å²) in [7, 11) is 0. The SMILES string of the molecule is CSCCC(NC(=O)C(CS)NC(=O)C(N)CC(=O)O)C(=O)NC(Cc1cnc[nH]1)C(=O)O. The summed E-state index contributed by atoms with van der Waals surface area (Å²) in [6.07, 6.45) is 4.14. The minimum absolute atomic E-state index is 0.0406. The Morgan fingerprint density at radius 3 is 2.21 bits per heavy atom. The molecule has 0 saturated heterocycles. The van der Waals surface area contributed by atoms with Gasteiger partial charge >= 0.3 is 11.9 Å². The van der Waals surface area contributed by atoms with Crippen molar-refractivity contribution < 1.29 is 34.2 Å². The Balaban J connectivity index is 2.84. The van der Waals surface area contributed by atoms with Gasteiger partial charge in [0, 0.05) is 24.1 Å². The lowest BCUT2D eigenvalue weighted by atomic mass is 10.1. The molecule has 0 bridgehead atoms. The van der Waals surface area contributed by atoms with Gasteiger partial charge in [-0.25, -0.2) is 9.78 Å². The molecule has 1 aromatic heterocycles. The molecule has 4 atom stereocenters. The molecule has 4 unspecified atom stereocenters. The first-order chi connectivity index (χ1) is 15.6. The highest BCUT2D eigenvalue weighted by Crippen LogP contribution is 2.05. The monoisotopic (exact) mass is 504 g/mol. The summed E-state index contributed by atoms with van der Waals surface area (Å²) in [6.45, 7) is 0. The van der Waals surface area contributed by atoms with E-state index in [9.17, 15) is 29.1 Å². The van der Waals surface area contributed by atoms with Gasteiger partial charge in [-0.3, -0.25) is 19.2 Å². The fraction of sp³-hybridized carbons (Fsp3) is 0.556. The third-order valence-corrected chi connectivity index (χ3v) is 5.39. The van der Waals surface area contributed by atoms with E-state index in [1.165, 1.54) is 24.3 Å². The highest BCUT2D eigenvalue weighted by molar-refractivity contribution is 7.98. The summed E-state index contributed by atoms with van der Waals surface area (Å²) in [6, 6.07) is -4.90. The molecule has 1 heterocycles. The van der Waals surface area contributed by atoms with Gasteiger partial charge in [-0.15, -0.1) is 0 Å². The molecule has 8 N–H and O–H groups in total. The van der Waals surface area contributed by atoms with Crippen LogP contribution in [-0.4, -0.2) is 91.8 Å². The van der Waals surface area contributed by atoms with E-state index >= 15 is 0 Å². The number of aromatic amines is 1. The number of hydrogen-bond acceptors (Lipinski definition) is 9. The van der Waals surface area contributed by atoms with Crippen LogP contribution in [0.15, 0.2) is 12.5 Å². The molecule has 0 radical (unpaired) electrons. The summed E-state index contributed by atoms with van der Waals surface area (Å²) < 4.78 is 0. The standard InChI is InChI=1S/C18H28N6O7S2/c1-33-3-2-11(16(28)23-12(18(30)31)4-9-6-20-8-21-9)22-17(29)13(7-32)24-15(27)10(19)5-14(25)26/h6,8,10-13,32H,2-5,7,19H2,1H3,(H,20,21)(H,22,29)(H,23,28)(H,24,27)(H,25,26)(H,30,31). The number of aromatic nitrogens is 2. The molecular weight excluding hydrogens is 476 g/mol. The molecule has 0 spiro atoms. The summed E-state index contributed by atoms with van der Waals surface area (Å²) in [5, 5.41) is 25.4. The van der Waals surface area contributed by atoms with Crippen molar-refractivity contribution >= 4 is 54.1 Å². The van der Waals surface area contributed by atoms with Crippen LogP contribution in [0, 0.1) is 0 Å².